The number of rotatable bonds is 5. The van der Waals surface area contributed by atoms with Gasteiger partial charge in [0.25, 0.3) is 0 Å². The van der Waals surface area contributed by atoms with Crippen LogP contribution in [0.5, 0.6) is 0 Å². The second-order valence-electron chi connectivity index (χ2n) is 6.34. The van der Waals surface area contributed by atoms with E-state index < -0.39 is 0 Å². The van der Waals surface area contributed by atoms with Gasteiger partial charge in [0.05, 0.1) is 6.10 Å². The van der Waals surface area contributed by atoms with Gasteiger partial charge in [-0.15, -0.1) is 0 Å². The number of benzene rings is 1. The van der Waals surface area contributed by atoms with Gasteiger partial charge in [-0.1, -0.05) is 30.7 Å². The van der Waals surface area contributed by atoms with Crippen LogP contribution in [0, 0.1) is 5.92 Å². The van der Waals surface area contributed by atoms with Gasteiger partial charge in [-0.05, 0) is 42.7 Å². The molecule has 2 amide bonds. The Morgan fingerprint density at radius 3 is 2.48 bits per heavy atom. The van der Waals surface area contributed by atoms with Gasteiger partial charge >= 0.3 is 6.03 Å². The van der Waals surface area contributed by atoms with Crippen molar-refractivity contribution in [3.05, 3.63) is 35.4 Å². The average molecular weight is 288 g/mol. The van der Waals surface area contributed by atoms with Gasteiger partial charge in [0.1, 0.15) is 0 Å². The Morgan fingerprint density at radius 2 is 1.86 bits per heavy atom. The van der Waals surface area contributed by atoms with Crippen molar-refractivity contribution in [3.8, 4) is 0 Å². The maximum Gasteiger partial charge on any atom is 0.315 e. The summed E-state index contributed by atoms with van der Waals surface area (Å²) in [5.41, 5.74) is 2.54. The first kappa shape index (κ1) is 14.4. The molecule has 4 nitrogen and oxygen atoms in total. The minimum atomic E-state index is -0.250. The highest BCUT2D eigenvalue weighted by Gasteiger charge is 2.25. The molecule has 4 heteroatoms. The zero-order valence-electron chi connectivity index (χ0n) is 12.3. The molecule has 0 bridgehead atoms. The van der Waals surface area contributed by atoms with Crippen LogP contribution in [-0.2, 0) is 6.54 Å². The van der Waals surface area contributed by atoms with Gasteiger partial charge in [0.15, 0.2) is 0 Å². The molecule has 114 valence electrons. The maximum absolute atomic E-state index is 11.8. The van der Waals surface area contributed by atoms with E-state index in [2.05, 4.69) is 34.9 Å². The first-order valence-electron chi connectivity index (χ1n) is 8.01. The molecule has 2 aliphatic carbocycles. The van der Waals surface area contributed by atoms with Gasteiger partial charge in [-0.2, -0.15) is 0 Å². The van der Waals surface area contributed by atoms with Crippen molar-refractivity contribution in [1.82, 2.24) is 10.6 Å². The van der Waals surface area contributed by atoms with Gasteiger partial charge in [-0.25, -0.2) is 4.79 Å². The molecule has 21 heavy (non-hydrogen) atoms. The topological polar surface area (TPSA) is 61.4 Å². The fourth-order valence-electron chi connectivity index (χ4n) is 3.05. The van der Waals surface area contributed by atoms with Crippen molar-refractivity contribution in [2.75, 3.05) is 6.54 Å². The van der Waals surface area contributed by atoms with Gasteiger partial charge in [0.2, 0.25) is 0 Å². The van der Waals surface area contributed by atoms with Crippen LogP contribution >= 0.6 is 0 Å². The molecular formula is C17H24N2O2. The number of amides is 2. The summed E-state index contributed by atoms with van der Waals surface area (Å²) in [6.07, 6.45) is 5.30. The van der Waals surface area contributed by atoms with E-state index >= 15 is 0 Å². The van der Waals surface area contributed by atoms with Crippen molar-refractivity contribution in [1.29, 1.82) is 0 Å². The first-order valence-corrected chi connectivity index (χ1v) is 8.01. The Balaban J connectivity index is 1.38. The monoisotopic (exact) mass is 288 g/mol. The molecule has 3 N–H and O–H groups in total. The Labute approximate surface area is 125 Å². The van der Waals surface area contributed by atoms with Crippen molar-refractivity contribution in [2.45, 2.75) is 50.7 Å². The minimum absolute atomic E-state index is 0.152. The van der Waals surface area contributed by atoms with E-state index in [1.807, 2.05) is 0 Å². The van der Waals surface area contributed by atoms with E-state index in [-0.39, 0.29) is 18.1 Å². The molecule has 0 aliphatic heterocycles. The molecule has 2 saturated carbocycles. The summed E-state index contributed by atoms with van der Waals surface area (Å²) in [6.45, 7) is 1.11. The molecule has 0 radical (unpaired) electrons. The maximum atomic E-state index is 11.8. The lowest BCUT2D eigenvalue weighted by Crippen LogP contribution is -2.39. The van der Waals surface area contributed by atoms with E-state index in [0.717, 1.165) is 30.7 Å². The van der Waals surface area contributed by atoms with Crippen LogP contribution in [0.15, 0.2) is 24.3 Å². The summed E-state index contributed by atoms with van der Waals surface area (Å²) in [6, 6.07) is 8.37. The van der Waals surface area contributed by atoms with E-state index in [0.29, 0.717) is 13.1 Å². The van der Waals surface area contributed by atoms with Crippen LogP contribution in [0.3, 0.4) is 0 Å². The second-order valence-corrected chi connectivity index (χ2v) is 6.34. The minimum Gasteiger partial charge on any atom is -0.393 e. The molecule has 1 aromatic carbocycles. The second kappa shape index (κ2) is 6.48. The van der Waals surface area contributed by atoms with E-state index in [9.17, 15) is 9.90 Å². The van der Waals surface area contributed by atoms with Gasteiger partial charge in [0, 0.05) is 19.0 Å². The molecule has 3 rings (SSSR count). The molecule has 0 saturated heterocycles. The molecule has 0 spiro atoms. The highest BCUT2D eigenvalue weighted by molar-refractivity contribution is 5.73. The number of nitrogens with one attached hydrogen (secondary N) is 2. The average Bonchev–Trinajstić information content (AvgIpc) is 3.27. The number of carbonyl (C=O) groups excluding carboxylic acids is 1. The third-order valence-electron chi connectivity index (χ3n) is 4.63. The molecule has 0 aromatic heterocycles. The van der Waals surface area contributed by atoms with E-state index in [4.69, 9.17) is 0 Å². The predicted octanol–water partition coefficient (Wildman–Crippen LogP) is 2.52. The smallest absolute Gasteiger partial charge is 0.315 e. The van der Waals surface area contributed by atoms with Gasteiger partial charge < -0.3 is 15.7 Å². The molecule has 0 heterocycles. The van der Waals surface area contributed by atoms with Crippen LogP contribution in [-0.4, -0.2) is 23.8 Å². The van der Waals surface area contributed by atoms with Crippen molar-refractivity contribution < 1.29 is 9.90 Å². The standard InChI is InChI=1S/C17H24N2O2/c20-16-3-1-2-15(16)11-19-17(21)18-10-12-4-6-13(7-5-12)14-8-9-14/h4-7,14-16,20H,1-3,8-11H2,(H2,18,19,21). The number of aliphatic hydroxyl groups is 1. The lowest BCUT2D eigenvalue weighted by atomic mass is 10.1. The Kier molecular flexibility index (Phi) is 4.44. The van der Waals surface area contributed by atoms with Crippen molar-refractivity contribution >= 4 is 6.03 Å². The zero-order chi connectivity index (χ0) is 14.7. The number of hydrogen-bond donors (Lipinski definition) is 3. The summed E-state index contributed by atoms with van der Waals surface area (Å²) in [4.78, 5) is 11.8. The highest BCUT2D eigenvalue weighted by atomic mass is 16.3. The van der Waals surface area contributed by atoms with Crippen LogP contribution < -0.4 is 10.6 Å². The van der Waals surface area contributed by atoms with E-state index in [1.165, 1.54) is 18.4 Å². The Bertz CT molecular complexity index is 482. The van der Waals surface area contributed by atoms with Crippen LogP contribution in [0.4, 0.5) is 4.79 Å². The third kappa shape index (κ3) is 3.97. The molecule has 2 unspecified atom stereocenters. The summed E-state index contributed by atoms with van der Waals surface area (Å²) < 4.78 is 0. The normalized spacial score (nSPS) is 24.8. The van der Waals surface area contributed by atoms with Gasteiger partial charge in [-0.3, -0.25) is 0 Å². The number of urea groups is 1. The molecule has 2 aliphatic rings. The molecule has 2 atom stereocenters. The lowest BCUT2D eigenvalue weighted by Gasteiger charge is -2.15. The summed E-state index contributed by atoms with van der Waals surface area (Å²) in [7, 11) is 0. The SMILES string of the molecule is O=C(NCc1ccc(C2CC2)cc1)NCC1CCCC1O. The lowest BCUT2D eigenvalue weighted by molar-refractivity contribution is 0.132. The summed E-state index contributed by atoms with van der Waals surface area (Å²) >= 11 is 0. The summed E-state index contributed by atoms with van der Waals surface area (Å²) in [5.74, 6) is 0.988. The third-order valence-corrected chi connectivity index (χ3v) is 4.63. The van der Waals surface area contributed by atoms with Crippen LogP contribution in [0.25, 0.3) is 0 Å². The number of hydrogen-bond acceptors (Lipinski definition) is 2. The molecule has 1 aromatic rings. The largest absolute Gasteiger partial charge is 0.393 e. The fourth-order valence-corrected chi connectivity index (χ4v) is 3.05. The first-order chi connectivity index (χ1) is 10.2. The highest BCUT2D eigenvalue weighted by Crippen LogP contribution is 2.39. The Hall–Kier alpha value is -1.55. The van der Waals surface area contributed by atoms with Crippen LogP contribution in [0.2, 0.25) is 0 Å². The van der Waals surface area contributed by atoms with Crippen LogP contribution in [0.1, 0.15) is 49.1 Å². The molecule has 2 fully saturated rings. The zero-order valence-corrected chi connectivity index (χ0v) is 12.3. The quantitative estimate of drug-likeness (QED) is 0.779. The van der Waals surface area contributed by atoms with E-state index in [1.54, 1.807) is 0 Å². The molecular weight excluding hydrogens is 264 g/mol. The summed E-state index contributed by atoms with van der Waals surface area (Å²) in [5, 5.41) is 15.4. The number of aliphatic hydroxyl groups excluding tert-OH is 1. The number of carbonyl (C=O) groups is 1. The Morgan fingerprint density at radius 1 is 1.10 bits per heavy atom. The predicted molar refractivity (Wildman–Crippen MR) is 82.0 cm³/mol. The van der Waals surface area contributed by atoms with Crippen molar-refractivity contribution in [2.24, 2.45) is 5.92 Å². The fraction of sp³-hybridized carbons (Fsp3) is 0.588. The van der Waals surface area contributed by atoms with Crippen molar-refractivity contribution in [3.63, 3.8) is 0 Å².